The second-order valence-corrected chi connectivity index (χ2v) is 5.49. The van der Waals surface area contributed by atoms with Crippen LogP contribution in [0.5, 0.6) is 5.75 Å². The lowest BCUT2D eigenvalue weighted by Crippen LogP contribution is -2.29. The number of benzene rings is 2. The minimum Gasteiger partial charge on any atom is -0.478 e. The van der Waals surface area contributed by atoms with Crippen LogP contribution in [0, 0.1) is 0 Å². The quantitative estimate of drug-likeness (QED) is 0.919. The van der Waals surface area contributed by atoms with E-state index in [4.69, 9.17) is 27.9 Å². The Morgan fingerprint density at radius 1 is 1.05 bits per heavy atom. The summed E-state index contributed by atoms with van der Waals surface area (Å²) < 4.78 is 6.08. The molecule has 1 aliphatic rings. The van der Waals surface area contributed by atoms with Gasteiger partial charge in [0.25, 0.3) is 0 Å². The van der Waals surface area contributed by atoms with Gasteiger partial charge in [0.15, 0.2) is 6.10 Å². The molecule has 0 radical (unpaired) electrons. The van der Waals surface area contributed by atoms with Crippen LogP contribution in [0.4, 0.5) is 0 Å². The Kier molecular flexibility index (Phi) is 4.32. The van der Waals surface area contributed by atoms with Crippen molar-refractivity contribution in [1.82, 2.24) is 5.32 Å². The molecule has 0 amide bonds. The first-order valence-corrected chi connectivity index (χ1v) is 7.44. The molecular formula is C16H14Cl2N2O. The van der Waals surface area contributed by atoms with Gasteiger partial charge in [-0.2, -0.15) is 0 Å². The summed E-state index contributed by atoms with van der Waals surface area (Å²) in [6.07, 6.45) is -0.272. The van der Waals surface area contributed by atoms with E-state index in [9.17, 15) is 0 Å². The van der Waals surface area contributed by atoms with Crippen molar-refractivity contribution in [3.05, 3.63) is 64.1 Å². The first kappa shape index (κ1) is 14.2. The zero-order valence-corrected chi connectivity index (χ0v) is 12.7. The predicted octanol–water partition coefficient (Wildman–Crippen LogP) is 4.12. The van der Waals surface area contributed by atoms with Crippen LogP contribution in [0.1, 0.15) is 11.7 Å². The fraction of sp³-hybridized carbons (Fsp3) is 0.188. The Morgan fingerprint density at radius 2 is 1.86 bits per heavy atom. The van der Waals surface area contributed by atoms with Crippen molar-refractivity contribution in [2.75, 3.05) is 13.1 Å². The molecule has 0 spiro atoms. The van der Waals surface area contributed by atoms with Gasteiger partial charge in [-0.05, 0) is 17.7 Å². The summed E-state index contributed by atoms with van der Waals surface area (Å²) >= 11 is 12.0. The molecule has 0 fully saturated rings. The van der Waals surface area contributed by atoms with Gasteiger partial charge in [0.2, 0.25) is 0 Å². The molecule has 1 atom stereocenters. The number of nitrogens with one attached hydrogen (secondary N) is 1. The fourth-order valence-electron chi connectivity index (χ4n) is 2.19. The number of nitrogens with zero attached hydrogens (tertiary/aromatic N) is 1. The molecule has 0 aliphatic carbocycles. The van der Waals surface area contributed by atoms with Crippen LogP contribution >= 0.6 is 23.2 Å². The molecule has 3 rings (SSSR count). The summed E-state index contributed by atoms with van der Waals surface area (Å²) in [6.45, 7) is 1.60. The Hall–Kier alpha value is -1.71. The number of halogens is 2. The molecule has 2 aromatic carbocycles. The third-order valence-corrected chi connectivity index (χ3v) is 3.93. The molecule has 1 unspecified atom stereocenters. The van der Waals surface area contributed by atoms with E-state index < -0.39 is 0 Å². The van der Waals surface area contributed by atoms with Crippen molar-refractivity contribution in [3.8, 4) is 5.75 Å². The number of rotatable bonds is 4. The van der Waals surface area contributed by atoms with E-state index in [1.54, 1.807) is 18.2 Å². The van der Waals surface area contributed by atoms with Crippen LogP contribution in [-0.2, 0) is 0 Å². The van der Waals surface area contributed by atoms with E-state index in [0.717, 1.165) is 24.5 Å². The summed E-state index contributed by atoms with van der Waals surface area (Å²) in [7, 11) is 0. The van der Waals surface area contributed by atoms with Crippen molar-refractivity contribution < 1.29 is 4.74 Å². The standard InChI is InChI=1S/C16H14Cl2N2O/c17-13-7-6-12(10-14(13)18)21-15(16-19-8-9-20-16)11-4-2-1-3-5-11/h1-7,10,15H,8-9H2,(H,19,20). The minimum atomic E-state index is -0.272. The molecule has 0 saturated heterocycles. The lowest BCUT2D eigenvalue weighted by molar-refractivity contribution is 0.270. The Morgan fingerprint density at radius 3 is 2.52 bits per heavy atom. The van der Waals surface area contributed by atoms with Gasteiger partial charge >= 0.3 is 0 Å². The Balaban J connectivity index is 1.90. The lowest BCUT2D eigenvalue weighted by atomic mass is 10.1. The highest BCUT2D eigenvalue weighted by Gasteiger charge is 2.22. The molecule has 2 aromatic rings. The summed E-state index contributed by atoms with van der Waals surface area (Å²) in [5.74, 6) is 1.50. The molecule has 0 saturated carbocycles. The number of amidine groups is 1. The maximum absolute atomic E-state index is 6.08. The van der Waals surface area contributed by atoms with Crippen molar-refractivity contribution in [3.63, 3.8) is 0 Å². The van der Waals surface area contributed by atoms with Crippen LogP contribution in [0.15, 0.2) is 53.5 Å². The zero-order valence-electron chi connectivity index (χ0n) is 11.2. The molecule has 5 heteroatoms. The Labute approximate surface area is 133 Å². The average molecular weight is 321 g/mol. The highest BCUT2D eigenvalue weighted by Crippen LogP contribution is 2.30. The van der Waals surface area contributed by atoms with Crippen LogP contribution in [0.2, 0.25) is 10.0 Å². The number of hydrogen-bond donors (Lipinski definition) is 1. The van der Waals surface area contributed by atoms with Gasteiger partial charge in [-0.15, -0.1) is 0 Å². The van der Waals surface area contributed by atoms with Crippen LogP contribution in [0.3, 0.4) is 0 Å². The van der Waals surface area contributed by atoms with Crippen LogP contribution < -0.4 is 10.1 Å². The van der Waals surface area contributed by atoms with Crippen LogP contribution in [-0.4, -0.2) is 18.9 Å². The number of aliphatic imine (C=N–C) groups is 1. The van der Waals surface area contributed by atoms with E-state index in [1.807, 2.05) is 30.3 Å². The van der Waals surface area contributed by atoms with Gasteiger partial charge in [0, 0.05) is 12.6 Å². The summed E-state index contributed by atoms with van der Waals surface area (Å²) in [5, 5.41) is 4.25. The highest BCUT2D eigenvalue weighted by atomic mass is 35.5. The maximum Gasteiger partial charge on any atom is 0.180 e. The van der Waals surface area contributed by atoms with Gasteiger partial charge in [-0.3, -0.25) is 4.99 Å². The topological polar surface area (TPSA) is 33.6 Å². The normalized spacial score (nSPS) is 15.2. The van der Waals surface area contributed by atoms with Crippen molar-refractivity contribution in [2.45, 2.75) is 6.10 Å². The van der Waals surface area contributed by atoms with Crippen molar-refractivity contribution in [1.29, 1.82) is 0 Å². The van der Waals surface area contributed by atoms with E-state index in [2.05, 4.69) is 10.3 Å². The smallest absolute Gasteiger partial charge is 0.180 e. The van der Waals surface area contributed by atoms with E-state index in [0.29, 0.717) is 15.8 Å². The first-order valence-electron chi connectivity index (χ1n) is 6.69. The molecule has 1 N–H and O–H groups in total. The molecule has 0 aromatic heterocycles. The third-order valence-electron chi connectivity index (χ3n) is 3.20. The maximum atomic E-state index is 6.08. The van der Waals surface area contributed by atoms with Crippen molar-refractivity contribution in [2.24, 2.45) is 4.99 Å². The monoisotopic (exact) mass is 320 g/mol. The zero-order chi connectivity index (χ0) is 14.7. The second kappa shape index (κ2) is 6.37. The minimum absolute atomic E-state index is 0.272. The number of hydrogen-bond acceptors (Lipinski definition) is 3. The first-order chi connectivity index (χ1) is 10.2. The number of ether oxygens (including phenoxy) is 1. The largest absolute Gasteiger partial charge is 0.478 e. The van der Waals surface area contributed by atoms with Gasteiger partial charge in [0.05, 0.1) is 16.6 Å². The molecule has 108 valence electrons. The molecule has 21 heavy (non-hydrogen) atoms. The van der Waals surface area contributed by atoms with Gasteiger partial charge in [-0.25, -0.2) is 0 Å². The highest BCUT2D eigenvalue weighted by molar-refractivity contribution is 6.42. The van der Waals surface area contributed by atoms with E-state index >= 15 is 0 Å². The summed E-state index contributed by atoms with van der Waals surface area (Å²) in [5.41, 5.74) is 1.04. The summed E-state index contributed by atoms with van der Waals surface area (Å²) in [6, 6.07) is 15.2. The van der Waals surface area contributed by atoms with Gasteiger partial charge < -0.3 is 10.1 Å². The molecule has 1 aliphatic heterocycles. The van der Waals surface area contributed by atoms with E-state index in [1.165, 1.54) is 0 Å². The fourth-order valence-corrected chi connectivity index (χ4v) is 2.48. The molecule has 0 bridgehead atoms. The molecule has 1 heterocycles. The van der Waals surface area contributed by atoms with Gasteiger partial charge in [-0.1, -0.05) is 53.5 Å². The lowest BCUT2D eigenvalue weighted by Gasteiger charge is -2.20. The molecular weight excluding hydrogens is 307 g/mol. The molecule has 3 nitrogen and oxygen atoms in total. The van der Waals surface area contributed by atoms with Crippen LogP contribution in [0.25, 0.3) is 0 Å². The summed E-state index contributed by atoms with van der Waals surface area (Å²) in [4.78, 5) is 4.47. The van der Waals surface area contributed by atoms with Crippen molar-refractivity contribution >= 4 is 29.0 Å². The predicted molar refractivity (Wildman–Crippen MR) is 86.6 cm³/mol. The third kappa shape index (κ3) is 3.31. The van der Waals surface area contributed by atoms with Gasteiger partial charge in [0.1, 0.15) is 11.6 Å². The SMILES string of the molecule is Clc1ccc(OC(C2=NCCN2)c2ccccc2)cc1Cl. The average Bonchev–Trinajstić information content (AvgIpc) is 3.03. The second-order valence-electron chi connectivity index (χ2n) is 4.68. The Bertz CT molecular complexity index is 659. The van der Waals surface area contributed by atoms with E-state index in [-0.39, 0.29) is 6.10 Å².